The molecule has 63 valence electrons. The van der Waals surface area contributed by atoms with E-state index in [4.69, 9.17) is 5.73 Å². The van der Waals surface area contributed by atoms with Gasteiger partial charge in [0.1, 0.15) is 0 Å². The van der Waals surface area contributed by atoms with Crippen molar-refractivity contribution in [2.24, 2.45) is 5.73 Å². The topological polar surface area (TPSA) is 43.1 Å². The highest BCUT2D eigenvalue weighted by Crippen LogP contribution is 2.17. The van der Waals surface area contributed by atoms with Gasteiger partial charge in [-0.1, -0.05) is 24.3 Å². The maximum atomic E-state index is 11.0. The molecule has 2 nitrogen and oxygen atoms in total. The molecule has 0 atom stereocenters. The number of carbonyl (C=O) groups excluding carboxylic acids is 1. The quantitative estimate of drug-likeness (QED) is 0.696. The number of rotatable bonds is 1. The highest BCUT2D eigenvalue weighted by atomic mass is 16.1. The maximum absolute atomic E-state index is 11.0. The molecular weight excluding hydrogens is 162 g/mol. The zero-order chi connectivity index (χ0) is 9.26. The summed E-state index contributed by atoms with van der Waals surface area (Å²) in [7, 11) is 0. The molecule has 2 heteroatoms. The lowest BCUT2D eigenvalue weighted by Gasteiger charge is -2.01. The third-order valence-electron chi connectivity index (χ3n) is 1.99. The molecule has 0 fully saturated rings. The Bertz CT molecular complexity index is 457. The third kappa shape index (κ3) is 1.26. The number of carbonyl (C=O) groups is 1. The van der Waals surface area contributed by atoms with Crippen molar-refractivity contribution in [2.45, 2.75) is 0 Å². The number of hydrogen-bond donors (Lipinski definition) is 1. The standard InChI is InChI=1S/C11H8NO/c12-11(13)10-7-3-5-8-4-1-2-6-9(8)10/h2-7H,(H2,12,13). The van der Waals surface area contributed by atoms with Crippen molar-refractivity contribution in [3.63, 3.8) is 0 Å². The fraction of sp³-hybridized carbons (Fsp3) is 0. The summed E-state index contributed by atoms with van der Waals surface area (Å²) in [5.74, 6) is -0.392. The van der Waals surface area contributed by atoms with Crippen LogP contribution in [0, 0.1) is 6.07 Å². The Morgan fingerprint density at radius 3 is 2.92 bits per heavy atom. The first-order valence-electron chi connectivity index (χ1n) is 3.97. The summed E-state index contributed by atoms with van der Waals surface area (Å²) in [5.41, 5.74) is 5.79. The lowest BCUT2D eigenvalue weighted by molar-refractivity contribution is 0.100. The fourth-order valence-corrected chi connectivity index (χ4v) is 1.38. The molecule has 0 aliphatic heterocycles. The summed E-state index contributed by atoms with van der Waals surface area (Å²) in [6, 6.07) is 13.9. The fourth-order valence-electron chi connectivity index (χ4n) is 1.38. The van der Waals surface area contributed by atoms with Crippen molar-refractivity contribution in [1.82, 2.24) is 0 Å². The van der Waals surface area contributed by atoms with Gasteiger partial charge in [-0.25, -0.2) is 0 Å². The van der Waals surface area contributed by atoms with Gasteiger partial charge in [0.15, 0.2) is 0 Å². The minimum absolute atomic E-state index is 0.392. The van der Waals surface area contributed by atoms with E-state index in [2.05, 4.69) is 6.07 Å². The first-order chi connectivity index (χ1) is 6.29. The van der Waals surface area contributed by atoms with E-state index in [1.807, 2.05) is 24.3 Å². The Hall–Kier alpha value is -1.83. The number of nitrogens with two attached hydrogens (primary N) is 1. The lowest BCUT2D eigenvalue weighted by atomic mass is 10.0. The summed E-state index contributed by atoms with van der Waals surface area (Å²) in [4.78, 5) is 11.0. The van der Waals surface area contributed by atoms with Gasteiger partial charge < -0.3 is 5.73 Å². The predicted octanol–water partition coefficient (Wildman–Crippen LogP) is 1.74. The minimum Gasteiger partial charge on any atom is -0.366 e. The average molecular weight is 170 g/mol. The zero-order valence-electron chi connectivity index (χ0n) is 6.95. The van der Waals surface area contributed by atoms with Crippen LogP contribution < -0.4 is 5.73 Å². The summed E-state index contributed by atoms with van der Waals surface area (Å²) in [6.45, 7) is 0. The van der Waals surface area contributed by atoms with Crippen LogP contribution in [0.25, 0.3) is 10.8 Å². The van der Waals surface area contributed by atoms with Crippen molar-refractivity contribution in [1.29, 1.82) is 0 Å². The van der Waals surface area contributed by atoms with Crippen LogP contribution in [-0.4, -0.2) is 5.91 Å². The molecule has 1 amide bonds. The van der Waals surface area contributed by atoms with Gasteiger partial charge in [-0.15, -0.1) is 0 Å². The second-order valence-corrected chi connectivity index (χ2v) is 2.82. The van der Waals surface area contributed by atoms with Gasteiger partial charge in [-0.05, 0) is 29.0 Å². The van der Waals surface area contributed by atoms with Crippen molar-refractivity contribution in [2.75, 3.05) is 0 Å². The van der Waals surface area contributed by atoms with Crippen LogP contribution in [-0.2, 0) is 0 Å². The predicted molar refractivity (Wildman–Crippen MR) is 51.3 cm³/mol. The lowest BCUT2D eigenvalue weighted by Crippen LogP contribution is -2.11. The van der Waals surface area contributed by atoms with Crippen LogP contribution in [0.4, 0.5) is 0 Å². The average Bonchev–Trinajstić information content (AvgIpc) is 2.17. The van der Waals surface area contributed by atoms with Gasteiger partial charge in [0.05, 0.1) is 0 Å². The molecule has 0 aromatic heterocycles. The van der Waals surface area contributed by atoms with Crippen LogP contribution in [0.1, 0.15) is 10.4 Å². The molecule has 0 aliphatic rings. The third-order valence-corrected chi connectivity index (χ3v) is 1.99. The summed E-state index contributed by atoms with van der Waals surface area (Å²) < 4.78 is 0. The largest absolute Gasteiger partial charge is 0.366 e. The molecule has 2 aromatic rings. The van der Waals surface area contributed by atoms with Crippen LogP contribution in [0.3, 0.4) is 0 Å². The van der Waals surface area contributed by atoms with E-state index in [9.17, 15) is 4.79 Å². The Balaban J connectivity index is 2.83. The van der Waals surface area contributed by atoms with Gasteiger partial charge >= 0.3 is 0 Å². The first-order valence-corrected chi connectivity index (χ1v) is 3.97. The smallest absolute Gasteiger partial charge is 0.249 e. The maximum Gasteiger partial charge on any atom is 0.249 e. The normalized spacial score (nSPS) is 10.2. The summed E-state index contributed by atoms with van der Waals surface area (Å²) in [5, 5.41) is 1.87. The van der Waals surface area contributed by atoms with E-state index in [0.717, 1.165) is 10.8 Å². The Kier molecular flexibility index (Phi) is 1.74. The molecule has 0 heterocycles. The second kappa shape index (κ2) is 2.90. The van der Waals surface area contributed by atoms with E-state index in [0.29, 0.717) is 5.56 Å². The Labute approximate surface area is 76.0 Å². The van der Waals surface area contributed by atoms with Crippen LogP contribution in [0.15, 0.2) is 36.4 Å². The molecule has 0 unspecified atom stereocenters. The highest BCUT2D eigenvalue weighted by molar-refractivity contribution is 6.06. The molecule has 0 saturated carbocycles. The zero-order valence-corrected chi connectivity index (χ0v) is 6.95. The molecule has 0 saturated heterocycles. The van der Waals surface area contributed by atoms with Crippen molar-refractivity contribution >= 4 is 16.7 Å². The van der Waals surface area contributed by atoms with Crippen molar-refractivity contribution < 1.29 is 4.79 Å². The molecule has 1 radical (unpaired) electrons. The number of amides is 1. The van der Waals surface area contributed by atoms with E-state index in [1.165, 1.54) is 0 Å². The highest BCUT2D eigenvalue weighted by Gasteiger charge is 2.03. The van der Waals surface area contributed by atoms with Gasteiger partial charge in [0, 0.05) is 5.56 Å². The van der Waals surface area contributed by atoms with E-state index < -0.39 is 5.91 Å². The number of fused-ring (bicyclic) bond motifs is 1. The summed E-state index contributed by atoms with van der Waals surface area (Å²) >= 11 is 0. The first kappa shape index (κ1) is 7.80. The molecule has 0 bridgehead atoms. The second-order valence-electron chi connectivity index (χ2n) is 2.82. The molecule has 2 aromatic carbocycles. The molecule has 2 rings (SSSR count). The molecule has 2 N–H and O–H groups in total. The van der Waals surface area contributed by atoms with E-state index >= 15 is 0 Å². The van der Waals surface area contributed by atoms with Crippen molar-refractivity contribution in [3.05, 3.63) is 48.0 Å². The molecular formula is C11H8NO. The summed E-state index contributed by atoms with van der Waals surface area (Å²) in [6.07, 6.45) is 0. The van der Waals surface area contributed by atoms with E-state index in [1.54, 1.807) is 12.1 Å². The van der Waals surface area contributed by atoms with Crippen LogP contribution in [0.2, 0.25) is 0 Å². The van der Waals surface area contributed by atoms with Gasteiger partial charge in [-0.3, -0.25) is 4.79 Å². The molecule has 0 aliphatic carbocycles. The SMILES string of the molecule is NC(=O)c1cccc2c[c]ccc12. The Morgan fingerprint density at radius 2 is 2.15 bits per heavy atom. The van der Waals surface area contributed by atoms with Gasteiger partial charge in [0.2, 0.25) is 5.91 Å². The van der Waals surface area contributed by atoms with Crippen LogP contribution >= 0.6 is 0 Å². The monoisotopic (exact) mass is 170 g/mol. The van der Waals surface area contributed by atoms with Gasteiger partial charge in [0.25, 0.3) is 0 Å². The number of hydrogen-bond acceptors (Lipinski definition) is 1. The Morgan fingerprint density at radius 1 is 1.31 bits per heavy atom. The van der Waals surface area contributed by atoms with Gasteiger partial charge in [-0.2, -0.15) is 0 Å². The minimum atomic E-state index is -0.392. The molecule has 0 spiro atoms. The van der Waals surface area contributed by atoms with Crippen LogP contribution in [0.5, 0.6) is 0 Å². The number of primary amides is 1. The van der Waals surface area contributed by atoms with E-state index in [-0.39, 0.29) is 0 Å². The molecule has 13 heavy (non-hydrogen) atoms. The van der Waals surface area contributed by atoms with Crippen molar-refractivity contribution in [3.8, 4) is 0 Å². The number of benzene rings is 2.